The molecule has 1 aliphatic heterocycles. The van der Waals surface area contributed by atoms with Gasteiger partial charge in [-0.15, -0.1) is 0 Å². The number of nitrogen functional groups attached to an aromatic ring is 1. The monoisotopic (exact) mass is 297 g/mol. The van der Waals surface area contributed by atoms with Crippen molar-refractivity contribution in [2.45, 2.75) is 32.7 Å². The molecule has 0 aromatic carbocycles. The molecule has 0 bridgehead atoms. The number of rotatable bonds is 3. The summed E-state index contributed by atoms with van der Waals surface area (Å²) in [6, 6.07) is 0.117. The van der Waals surface area contributed by atoms with Crippen molar-refractivity contribution < 1.29 is 4.79 Å². The molecule has 6 nitrogen and oxygen atoms in total. The minimum Gasteiger partial charge on any atom is -0.382 e. The lowest BCUT2D eigenvalue weighted by atomic mass is 10.0. The van der Waals surface area contributed by atoms with Crippen molar-refractivity contribution in [3.63, 3.8) is 0 Å². The van der Waals surface area contributed by atoms with Crippen LogP contribution < -0.4 is 16.0 Å². The van der Waals surface area contributed by atoms with Crippen molar-refractivity contribution in [3.8, 4) is 0 Å². The molecule has 110 valence electrons. The molecule has 0 spiro atoms. The van der Waals surface area contributed by atoms with Crippen LogP contribution in [0.3, 0.4) is 0 Å². The molecule has 1 fully saturated rings. The van der Waals surface area contributed by atoms with Crippen molar-refractivity contribution in [1.29, 1.82) is 0 Å². The van der Waals surface area contributed by atoms with Crippen LogP contribution in [0.4, 0.5) is 11.6 Å². The molecule has 2 heterocycles. The molecule has 7 heteroatoms. The smallest absolute Gasteiger partial charge is 0.222 e. The van der Waals surface area contributed by atoms with Crippen molar-refractivity contribution in [3.05, 3.63) is 11.3 Å². The molecule has 1 atom stereocenters. The van der Waals surface area contributed by atoms with Gasteiger partial charge < -0.3 is 16.0 Å². The fourth-order valence-corrected chi connectivity index (χ4v) is 2.47. The van der Waals surface area contributed by atoms with Gasteiger partial charge in [0.25, 0.3) is 0 Å². The summed E-state index contributed by atoms with van der Waals surface area (Å²) in [6.45, 7) is 5.31. The van der Waals surface area contributed by atoms with Gasteiger partial charge in [-0.1, -0.05) is 25.4 Å². The Balaban J connectivity index is 2.07. The first-order valence-electron chi connectivity index (χ1n) is 6.80. The zero-order valence-electron chi connectivity index (χ0n) is 11.8. The number of nitrogens with zero attached hydrogens (tertiary/aromatic N) is 3. The van der Waals surface area contributed by atoms with Gasteiger partial charge in [-0.25, -0.2) is 9.97 Å². The van der Waals surface area contributed by atoms with E-state index < -0.39 is 0 Å². The average molecular weight is 298 g/mol. The van der Waals surface area contributed by atoms with Gasteiger partial charge in [0, 0.05) is 25.0 Å². The molecule has 2 rings (SSSR count). The predicted molar refractivity (Wildman–Crippen MR) is 79.7 cm³/mol. The lowest BCUT2D eigenvalue weighted by molar-refractivity contribution is -0.124. The third-order valence-corrected chi connectivity index (χ3v) is 3.75. The predicted octanol–water partition coefficient (Wildman–Crippen LogP) is 1.45. The first kappa shape index (κ1) is 14.8. The van der Waals surface area contributed by atoms with Crippen LogP contribution in [0, 0.1) is 5.92 Å². The number of anilines is 2. The summed E-state index contributed by atoms with van der Waals surface area (Å²) in [5.41, 5.74) is 5.70. The molecule has 20 heavy (non-hydrogen) atoms. The van der Waals surface area contributed by atoms with Crippen LogP contribution in [-0.2, 0) is 4.79 Å². The Morgan fingerprint density at radius 1 is 1.55 bits per heavy atom. The van der Waals surface area contributed by atoms with Crippen LogP contribution in [0.1, 0.15) is 26.7 Å². The molecule has 1 unspecified atom stereocenters. The average Bonchev–Trinajstić information content (AvgIpc) is 2.42. The van der Waals surface area contributed by atoms with Crippen LogP contribution >= 0.6 is 11.6 Å². The van der Waals surface area contributed by atoms with Crippen molar-refractivity contribution in [1.82, 2.24) is 15.3 Å². The number of carbonyl (C=O) groups excluding carboxylic acids is 1. The van der Waals surface area contributed by atoms with Crippen LogP contribution in [-0.4, -0.2) is 35.0 Å². The van der Waals surface area contributed by atoms with Crippen LogP contribution in [0.2, 0.25) is 5.02 Å². The molecule has 1 amide bonds. The first-order valence-corrected chi connectivity index (χ1v) is 7.18. The van der Waals surface area contributed by atoms with Crippen molar-refractivity contribution >= 4 is 29.1 Å². The number of nitrogens with two attached hydrogens (primary N) is 1. The summed E-state index contributed by atoms with van der Waals surface area (Å²) >= 11 is 6.15. The van der Waals surface area contributed by atoms with Crippen LogP contribution in [0.25, 0.3) is 0 Å². The number of carbonyl (C=O) groups is 1. The van der Waals surface area contributed by atoms with E-state index in [1.165, 1.54) is 6.33 Å². The molecule has 1 aliphatic rings. The summed E-state index contributed by atoms with van der Waals surface area (Å²) < 4.78 is 0. The number of piperidine rings is 1. The Morgan fingerprint density at radius 2 is 2.30 bits per heavy atom. The fraction of sp³-hybridized carbons (Fsp3) is 0.615. The lowest BCUT2D eigenvalue weighted by Crippen LogP contribution is -2.49. The summed E-state index contributed by atoms with van der Waals surface area (Å²) in [4.78, 5) is 21.9. The van der Waals surface area contributed by atoms with Gasteiger partial charge in [0.1, 0.15) is 17.2 Å². The van der Waals surface area contributed by atoms with Crippen LogP contribution in [0.15, 0.2) is 6.33 Å². The second kappa shape index (κ2) is 6.26. The van der Waals surface area contributed by atoms with Gasteiger partial charge in [-0.3, -0.25) is 4.79 Å². The standard InChI is InChI=1S/C13H20ClN5O/c1-8(2)13(20)18-9-4-3-5-19(6-9)12-10(14)11(15)16-7-17-12/h7-9H,3-6H2,1-2H3,(H,18,20)(H2,15,16,17). The molecule has 0 saturated carbocycles. The maximum Gasteiger partial charge on any atom is 0.222 e. The molecular formula is C13H20ClN5O. The second-order valence-corrected chi connectivity index (χ2v) is 5.72. The van der Waals surface area contributed by atoms with Gasteiger partial charge in [0.2, 0.25) is 5.91 Å². The summed E-state index contributed by atoms with van der Waals surface area (Å²) in [5.74, 6) is 0.987. The third kappa shape index (κ3) is 3.30. The van der Waals surface area contributed by atoms with E-state index in [0.29, 0.717) is 17.4 Å². The fourth-order valence-electron chi connectivity index (χ4n) is 2.25. The number of hydrogen-bond donors (Lipinski definition) is 2. The molecule has 1 aromatic rings. The van der Waals surface area contributed by atoms with Crippen LogP contribution in [0.5, 0.6) is 0 Å². The van der Waals surface area contributed by atoms with Gasteiger partial charge in [-0.05, 0) is 12.8 Å². The highest BCUT2D eigenvalue weighted by atomic mass is 35.5. The van der Waals surface area contributed by atoms with E-state index in [1.54, 1.807) is 0 Å². The van der Waals surface area contributed by atoms with Crippen molar-refractivity contribution in [2.75, 3.05) is 23.7 Å². The van der Waals surface area contributed by atoms with E-state index in [4.69, 9.17) is 17.3 Å². The summed E-state index contributed by atoms with van der Waals surface area (Å²) in [5, 5.41) is 3.43. The highest BCUT2D eigenvalue weighted by molar-refractivity contribution is 6.35. The minimum atomic E-state index is -0.0105. The van der Waals surface area contributed by atoms with Gasteiger partial charge >= 0.3 is 0 Å². The Hall–Kier alpha value is -1.56. The Morgan fingerprint density at radius 3 is 3.00 bits per heavy atom. The van der Waals surface area contributed by atoms with E-state index in [1.807, 2.05) is 13.8 Å². The molecule has 1 aromatic heterocycles. The highest BCUT2D eigenvalue weighted by Crippen LogP contribution is 2.28. The number of nitrogens with one attached hydrogen (secondary N) is 1. The molecule has 0 aliphatic carbocycles. The first-order chi connectivity index (χ1) is 9.49. The maximum atomic E-state index is 11.8. The lowest BCUT2D eigenvalue weighted by Gasteiger charge is -2.34. The molecule has 0 radical (unpaired) electrons. The Bertz CT molecular complexity index is 494. The molecule has 1 saturated heterocycles. The summed E-state index contributed by atoms with van der Waals surface area (Å²) in [6.07, 6.45) is 3.35. The normalized spacial score (nSPS) is 19.2. The molecular weight excluding hydrogens is 278 g/mol. The van der Waals surface area contributed by atoms with E-state index in [-0.39, 0.29) is 23.7 Å². The summed E-state index contributed by atoms with van der Waals surface area (Å²) in [7, 11) is 0. The molecule has 3 N–H and O–H groups in total. The largest absolute Gasteiger partial charge is 0.382 e. The Labute approximate surface area is 123 Å². The van der Waals surface area contributed by atoms with Gasteiger partial charge in [0.05, 0.1) is 0 Å². The zero-order chi connectivity index (χ0) is 14.7. The number of halogens is 1. The van der Waals surface area contributed by atoms with E-state index in [9.17, 15) is 4.79 Å². The van der Waals surface area contributed by atoms with E-state index >= 15 is 0 Å². The number of amides is 1. The van der Waals surface area contributed by atoms with E-state index in [2.05, 4.69) is 20.2 Å². The van der Waals surface area contributed by atoms with E-state index in [0.717, 1.165) is 19.4 Å². The second-order valence-electron chi connectivity index (χ2n) is 5.34. The number of aromatic nitrogens is 2. The zero-order valence-corrected chi connectivity index (χ0v) is 12.5. The van der Waals surface area contributed by atoms with Gasteiger partial charge in [0.15, 0.2) is 5.82 Å². The third-order valence-electron chi connectivity index (χ3n) is 3.39. The quantitative estimate of drug-likeness (QED) is 0.882. The minimum absolute atomic E-state index is 0.0105. The van der Waals surface area contributed by atoms with Crippen molar-refractivity contribution in [2.24, 2.45) is 5.92 Å². The SMILES string of the molecule is CC(C)C(=O)NC1CCCN(c2ncnc(N)c2Cl)C1. The Kier molecular flexibility index (Phi) is 4.65. The highest BCUT2D eigenvalue weighted by Gasteiger charge is 2.25. The maximum absolute atomic E-state index is 11.8. The topological polar surface area (TPSA) is 84.1 Å². The van der Waals surface area contributed by atoms with Gasteiger partial charge in [-0.2, -0.15) is 0 Å². The number of hydrogen-bond acceptors (Lipinski definition) is 5.